The second kappa shape index (κ2) is 5.87. The van der Waals surface area contributed by atoms with Crippen molar-refractivity contribution in [1.82, 2.24) is 4.98 Å². The number of hydrogen-bond donors (Lipinski definition) is 1. The molecule has 17 heavy (non-hydrogen) atoms. The number of nitrogens with one attached hydrogen (secondary N) is 1. The molecule has 1 saturated heterocycles. The Morgan fingerprint density at radius 3 is 3.18 bits per heavy atom. The van der Waals surface area contributed by atoms with Crippen LogP contribution in [0.4, 0.5) is 5.82 Å². The summed E-state index contributed by atoms with van der Waals surface area (Å²) in [5.41, 5.74) is 0. The van der Waals surface area contributed by atoms with Gasteiger partial charge in [0.1, 0.15) is 0 Å². The summed E-state index contributed by atoms with van der Waals surface area (Å²) in [5, 5.41) is 3.35. The minimum Gasteiger partial charge on any atom is -0.490 e. The molecule has 1 aliphatic rings. The van der Waals surface area contributed by atoms with Crippen LogP contribution in [0.25, 0.3) is 0 Å². The summed E-state index contributed by atoms with van der Waals surface area (Å²) >= 11 is 0. The molecule has 2 rings (SSSR count). The molecule has 0 spiro atoms. The van der Waals surface area contributed by atoms with Gasteiger partial charge in [-0.15, -0.1) is 0 Å². The quantitative estimate of drug-likeness (QED) is 0.852. The SMILES string of the molecule is CCOc1cccnc1NCC1CCOC1C. The fourth-order valence-corrected chi connectivity index (χ4v) is 2.07. The first-order chi connectivity index (χ1) is 8.31. The molecule has 0 aliphatic carbocycles. The zero-order valence-corrected chi connectivity index (χ0v) is 10.5. The zero-order valence-electron chi connectivity index (χ0n) is 10.5. The van der Waals surface area contributed by atoms with Crippen LogP contribution in [0.15, 0.2) is 18.3 Å². The first-order valence-corrected chi connectivity index (χ1v) is 6.24. The van der Waals surface area contributed by atoms with E-state index in [1.165, 1.54) is 0 Å². The second-order valence-corrected chi connectivity index (χ2v) is 4.29. The van der Waals surface area contributed by atoms with E-state index in [4.69, 9.17) is 9.47 Å². The number of anilines is 1. The van der Waals surface area contributed by atoms with Gasteiger partial charge in [0.15, 0.2) is 11.6 Å². The summed E-state index contributed by atoms with van der Waals surface area (Å²) in [4.78, 5) is 4.31. The first kappa shape index (κ1) is 12.2. The number of hydrogen-bond acceptors (Lipinski definition) is 4. The van der Waals surface area contributed by atoms with Gasteiger partial charge in [-0.1, -0.05) is 0 Å². The molecule has 4 heteroatoms. The lowest BCUT2D eigenvalue weighted by Gasteiger charge is -2.16. The third kappa shape index (κ3) is 3.09. The Kier molecular flexibility index (Phi) is 4.20. The number of pyridine rings is 1. The number of nitrogens with zero attached hydrogens (tertiary/aromatic N) is 1. The minimum atomic E-state index is 0.335. The molecule has 0 radical (unpaired) electrons. The van der Waals surface area contributed by atoms with Crippen LogP contribution in [-0.4, -0.2) is 30.8 Å². The third-order valence-corrected chi connectivity index (χ3v) is 3.14. The Bertz CT molecular complexity index is 357. The van der Waals surface area contributed by atoms with Crippen molar-refractivity contribution < 1.29 is 9.47 Å². The summed E-state index contributed by atoms with van der Waals surface area (Å²) in [5.74, 6) is 2.21. The van der Waals surface area contributed by atoms with E-state index < -0.39 is 0 Å². The van der Waals surface area contributed by atoms with Gasteiger partial charge in [0, 0.05) is 25.3 Å². The smallest absolute Gasteiger partial charge is 0.168 e. The van der Waals surface area contributed by atoms with Gasteiger partial charge in [-0.2, -0.15) is 0 Å². The Morgan fingerprint density at radius 2 is 2.47 bits per heavy atom. The van der Waals surface area contributed by atoms with Crippen molar-refractivity contribution in [2.45, 2.75) is 26.4 Å². The van der Waals surface area contributed by atoms with Crippen LogP contribution in [0.3, 0.4) is 0 Å². The molecule has 2 atom stereocenters. The van der Waals surface area contributed by atoms with Gasteiger partial charge in [-0.25, -0.2) is 4.98 Å². The second-order valence-electron chi connectivity index (χ2n) is 4.29. The van der Waals surface area contributed by atoms with E-state index in [9.17, 15) is 0 Å². The monoisotopic (exact) mass is 236 g/mol. The van der Waals surface area contributed by atoms with E-state index in [2.05, 4.69) is 17.2 Å². The molecule has 0 bridgehead atoms. The van der Waals surface area contributed by atoms with E-state index in [-0.39, 0.29) is 0 Å². The third-order valence-electron chi connectivity index (χ3n) is 3.14. The minimum absolute atomic E-state index is 0.335. The van der Waals surface area contributed by atoms with Crippen molar-refractivity contribution in [2.24, 2.45) is 5.92 Å². The van der Waals surface area contributed by atoms with Crippen molar-refractivity contribution in [3.63, 3.8) is 0 Å². The number of ether oxygens (including phenoxy) is 2. The van der Waals surface area contributed by atoms with Crippen LogP contribution in [0, 0.1) is 5.92 Å². The average molecular weight is 236 g/mol. The topological polar surface area (TPSA) is 43.4 Å². The van der Waals surface area contributed by atoms with Crippen molar-refractivity contribution >= 4 is 5.82 Å². The van der Waals surface area contributed by atoms with E-state index in [0.717, 1.165) is 31.1 Å². The Balaban J connectivity index is 1.93. The fraction of sp³-hybridized carbons (Fsp3) is 0.615. The Morgan fingerprint density at radius 1 is 1.59 bits per heavy atom. The molecular formula is C13H20N2O2. The van der Waals surface area contributed by atoms with Crippen molar-refractivity contribution in [1.29, 1.82) is 0 Å². The van der Waals surface area contributed by atoms with Gasteiger partial charge in [-0.05, 0) is 32.4 Å². The molecule has 4 nitrogen and oxygen atoms in total. The summed E-state index contributed by atoms with van der Waals surface area (Å²) in [6.07, 6.45) is 3.23. The van der Waals surface area contributed by atoms with Gasteiger partial charge in [-0.3, -0.25) is 0 Å². The highest BCUT2D eigenvalue weighted by atomic mass is 16.5. The van der Waals surface area contributed by atoms with Crippen LogP contribution in [0.2, 0.25) is 0 Å². The van der Waals surface area contributed by atoms with Crippen LogP contribution in [0.1, 0.15) is 20.3 Å². The lowest BCUT2D eigenvalue weighted by Crippen LogP contribution is -2.21. The lowest BCUT2D eigenvalue weighted by molar-refractivity contribution is 0.108. The highest BCUT2D eigenvalue weighted by molar-refractivity contribution is 5.49. The van der Waals surface area contributed by atoms with E-state index in [0.29, 0.717) is 18.6 Å². The summed E-state index contributed by atoms with van der Waals surface area (Å²) in [7, 11) is 0. The predicted molar refractivity (Wildman–Crippen MR) is 67.4 cm³/mol. The maximum Gasteiger partial charge on any atom is 0.168 e. The van der Waals surface area contributed by atoms with Crippen molar-refractivity contribution in [3.8, 4) is 5.75 Å². The molecule has 0 aromatic carbocycles. The van der Waals surface area contributed by atoms with Crippen LogP contribution in [-0.2, 0) is 4.74 Å². The van der Waals surface area contributed by atoms with Gasteiger partial charge in [0.05, 0.1) is 12.7 Å². The molecule has 1 N–H and O–H groups in total. The van der Waals surface area contributed by atoms with Gasteiger partial charge < -0.3 is 14.8 Å². The van der Waals surface area contributed by atoms with Crippen molar-refractivity contribution in [2.75, 3.05) is 25.1 Å². The van der Waals surface area contributed by atoms with E-state index >= 15 is 0 Å². The lowest BCUT2D eigenvalue weighted by atomic mass is 10.0. The molecule has 2 heterocycles. The normalized spacial score (nSPS) is 23.6. The maximum absolute atomic E-state index is 5.54. The van der Waals surface area contributed by atoms with Crippen LogP contribution >= 0.6 is 0 Å². The molecular weight excluding hydrogens is 216 g/mol. The van der Waals surface area contributed by atoms with Crippen molar-refractivity contribution in [3.05, 3.63) is 18.3 Å². The molecule has 94 valence electrons. The summed E-state index contributed by atoms with van der Waals surface area (Å²) in [6, 6.07) is 3.82. The summed E-state index contributed by atoms with van der Waals surface area (Å²) in [6.45, 7) is 6.51. The molecule has 1 aromatic rings. The molecule has 1 fully saturated rings. The van der Waals surface area contributed by atoms with E-state index in [1.807, 2.05) is 19.1 Å². The molecule has 2 unspecified atom stereocenters. The van der Waals surface area contributed by atoms with Crippen LogP contribution < -0.4 is 10.1 Å². The highest BCUT2D eigenvalue weighted by Gasteiger charge is 2.24. The van der Waals surface area contributed by atoms with Crippen LogP contribution in [0.5, 0.6) is 5.75 Å². The average Bonchev–Trinajstić information content (AvgIpc) is 2.74. The molecule has 1 aliphatic heterocycles. The first-order valence-electron chi connectivity index (χ1n) is 6.24. The van der Waals surface area contributed by atoms with Gasteiger partial charge in [0.2, 0.25) is 0 Å². The highest BCUT2D eigenvalue weighted by Crippen LogP contribution is 2.24. The predicted octanol–water partition coefficient (Wildman–Crippen LogP) is 2.32. The number of rotatable bonds is 5. The Hall–Kier alpha value is -1.29. The zero-order chi connectivity index (χ0) is 12.1. The maximum atomic E-state index is 5.54. The molecule has 1 aromatic heterocycles. The largest absolute Gasteiger partial charge is 0.490 e. The number of aromatic nitrogens is 1. The molecule has 0 saturated carbocycles. The Labute approximate surface area is 102 Å². The standard InChI is InChI=1S/C13H20N2O2/c1-3-16-12-5-4-7-14-13(12)15-9-11-6-8-17-10(11)2/h4-5,7,10-11H,3,6,8-9H2,1-2H3,(H,14,15). The van der Waals surface area contributed by atoms with E-state index in [1.54, 1.807) is 6.20 Å². The molecule has 0 amide bonds. The van der Waals surface area contributed by atoms with Gasteiger partial charge >= 0.3 is 0 Å². The van der Waals surface area contributed by atoms with Gasteiger partial charge in [0.25, 0.3) is 0 Å². The summed E-state index contributed by atoms with van der Waals surface area (Å²) < 4.78 is 11.1. The fourth-order valence-electron chi connectivity index (χ4n) is 2.07.